The van der Waals surface area contributed by atoms with Gasteiger partial charge in [0.05, 0.1) is 0 Å². The first-order valence-corrected chi connectivity index (χ1v) is 7.27. The number of benzene rings is 2. The molecule has 0 saturated carbocycles. The number of amides is 1. The van der Waals surface area contributed by atoms with Gasteiger partial charge in [-0.15, -0.1) is 11.8 Å². The Labute approximate surface area is 116 Å². The lowest BCUT2D eigenvalue weighted by molar-refractivity contribution is -0.115. The maximum absolute atomic E-state index is 11.8. The molecule has 0 fully saturated rings. The molecular formula is C15H13NO2S. The van der Waals surface area contributed by atoms with Crippen LogP contribution in [-0.4, -0.2) is 12.2 Å². The molecule has 0 spiro atoms. The summed E-state index contributed by atoms with van der Waals surface area (Å²) in [6, 6.07) is 15.3. The van der Waals surface area contributed by atoms with Gasteiger partial charge in [-0.3, -0.25) is 4.79 Å². The van der Waals surface area contributed by atoms with E-state index in [1.54, 1.807) is 0 Å². The third kappa shape index (κ3) is 2.31. The molecule has 2 aromatic rings. The van der Waals surface area contributed by atoms with Crippen LogP contribution in [0.3, 0.4) is 0 Å². The van der Waals surface area contributed by atoms with Gasteiger partial charge in [0.1, 0.15) is 16.7 Å². The second-order valence-corrected chi connectivity index (χ2v) is 5.21. The highest BCUT2D eigenvalue weighted by Gasteiger charge is 2.30. The van der Waals surface area contributed by atoms with Crippen molar-refractivity contribution < 1.29 is 9.53 Å². The van der Waals surface area contributed by atoms with Gasteiger partial charge in [0.25, 0.3) is 0 Å². The Hall–Kier alpha value is -1.94. The van der Waals surface area contributed by atoms with Crippen molar-refractivity contribution in [3.8, 4) is 11.5 Å². The Morgan fingerprint density at radius 1 is 1.11 bits per heavy atom. The van der Waals surface area contributed by atoms with Crippen molar-refractivity contribution in [2.45, 2.75) is 5.25 Å². The molecule has 1 aliphatic heterocycles. The summed E-state index contributed by atoms with van der Waals surface area (Å²) in [5.41, 5.74) is 1.87. The van der Waals surface area contributed by atoms with Gasteiger partial charge in [0.2, 0.25) is 5.91 Å². The maximum Gasteiger partial charge on any atom is 0.242 e. The van der Waals surface area contributed by atoms with Crippen LogP contribution in [0.4, 0.5) is 5.69 Å². The molecule has 0 radical (unpaired) electrons. The predicted octanol–water partition coefficient (Wildman–Crippen LogP) is 3.84. The Morgan fingerprint density at radius 2 is 1.89 bits per heavy atom. The van der Waals surface area contributed by atoms with E-state index in [2.05, 4.69) is 5.32 Å². The number of hydrogen-bond acceptors (Lipinski definition) is 3. The van der Waals surface area contributed by atoms with Crippen LogP contribution in [0, 0.1) is 0 Å². The molecule has 2 aromatic carbocycles. The Kier molecular flexibility index (Phi) is 3.17. The fourth-order valence-corrected chi connectivity index (χ4v) is 2.86. The van der Waals surface area contributed by atoms with E-state index >= 15 is 0 Å². The van der Waals surface area contributed by atoms with E-state index in [1.165, 1.54) is 11.8 Å². The monoisotopic (exact) mass is 271 g/mol. The molecule has 1 aliphatic rings. The number of rotatable bonds is 3. The number of carbonyl (C=O) groups excluding carboxylic acids is 1. The normalized spacial score (nSPS) is 16.9. The number of ether oxygens (including phenoxy) is 1. The largest absolute Gasteiger partial charge is 0.457 e. The molecule has 96 valence electrons. The van der Waals surface area contributed by atoms with Gasteiger partial charge in [-0.1, -0.05) is 18.2 Å². The lowest BCUT2D eigenvalue weighted by Gasteiger charge is -2.09. The third-order valence-corrected chi connectivity index (χ3v) is 3.96. The Morgan fingerprint density at radius 3 is 2.63 bits per heavy atom. The first-order chi connectivity index (χ1) is 9.28. The summed E-state index contributed by atoms with van der Waals surface area (Å²) in [5, 5.41) is 2.73. The topological polar surface area (TPSA) is 38.3 Å². The zero-order valence-corrected chi connectivity index (χ0v) is 11.2. The van der Waals surface area contributed by atoms with E-state index in [-0.39, 0.29) is 11.2 Å². The van der Waals surface area contributed by atoms with Crippen molar-refractivity contribution in [2.24, 2.45) is 0 Å². The molecule has 0 bridgehead atoms. The quantitative estimate of drug-likeness (QED) is 0.922. The molecule has 0 aromatic heterocycles. The van der Waals surface area contributed by atoms with Gasteiger partial charge in [-0.25, -0.2) is 0 Å². The average Bonchev–Trinajstić information content (AvgIpc) is 2.74. The summed E-state index contributed by atoms with van der Waals surface area (Å²) in [6.07, 6.45) is 1.93. The molecule has 0 aliphatic carbocycles. The van der Waals surface area contributed by atoms with Gasteiger partial charge < -0.3 is 10.1 Å². The summed E-state index contributed by atoms with van der Waals surface area (Å²) in [4.78, 5) is 11.8. The summed E-state index contributed by atoms with van der Waals surface area (Å²) in [5.74, 6) is 1.58. The summed E-state index contributed by atoms with van der Waals surface area (Å²) in [6.45, 7) is 0. The van der Waals surface area contributed by atoms with E-state index in [0.29, 0.717) is 0 Å². The van der Waals surface area contributed by atoms with Crippen molar-refractivity contribution in [1.29, 1.82) is 0 Å². The highest BCUT2D eigenvalue weighted by atomic mass is 32.2. The van der Waals surface area contributed by atoms with Crippen LogP contribution < -0.4 is 10.1 Å². The fraction of sp³-hybridized carbons (Fsp3) is 0.133. The van der Waals surface area contributed by atoms with E-state index < -0.39 is 0 Å². The minimum atomic E-state index is -0.144. The van der Waals surface area contributed by atoms with E-state index in [0.717, 1.165) is 22.7 Å². The predicted molar refractivity (Wildman–Crippen MR) is 77.8 cm³/mol. The van der Waals surface area contributed by atoms with Crippen LogP contribution in [0.1, 0.15) is 10.8 Å². The van der Waals surface area contributed by atoms with Crippen LogP contribution in [0.25, 0.3) is 0 Å². The Bertz CT molecular complexity index is 613. The Balaban J connectivity index is 1.90. The average molecular weight is 271 g/mol. The van der Waals surface area contributed by atoms with Crippen molar-refractivity contribution in [3.05, 3.63) is 54.1 Å². The molecule has 4 heteroatoms. The number of fused-ring (bicyclic) bond motifs is 1. The van der Waals surface area contributed by atoms with Crippen molar-refractivity contribution >= 4 is 23.4 Å². The van der Waals surface area contributed by atoms with Gasteiger partial charge in [-0.2, -0.15) is 0 Å². The standard InChI is InChI=1S/C15H13NO2S/c1-19-14-12-9-11(7-8-13(12)16-15(14)17)18-10-5-3-2-4-6-10/h2-9,14H,1H3,(H,16,17). The fourth-order valence-electron chi connectivity index (χ4n) is 2.13. The van der Waals surface area contributed by atoms with Crippen molar-refractivity contribution in [3.63, 3.8) is 0 Å². The number of anilines is 1. The SMILES string of the molecule is CSC1C(=O)Nc2ccc(Oc3ccccc3)cc21. The maximum atomic E-state index is 11.8. The zero-order valence-electron chi connectivity index (χ0n) is 10.4. The first-order valence-electron chi connectivity index (χ1n) is 5.98. The van der Waals surface area contributed by atoms with Crippen molar-refractivity contribution in [2.75, 3.05) is 11.6 Å². The molecular weight excluding hydrogens is 258 g/mol. The molecule has 1 N–H and O–H groups in total. The third-order valence-electron chi connectivity index (χ3n) is 3.02. The molecule has 3 nitrogen and oxygen atoms in total. The van der Waals surface area contributed by atoms with Crippen LogP contribution in [0.2, 0.25) is 0 Å². The van der Waals surface area contributed by atoms with E-state index in [4.69, 9.17) is 4.74 Å². The molecule has 3 rings (SSSR count). The number of thioether (sulfide) groups is 1. The van der Waals surface area contributed by atoms with Gasteiger partial charge in [-0.05, 0) is 36.6 Å². The van der Waals surface area contributed by atoms with Gasteiger partial charge in [0.15, 0.2) is 0 Å². The molecule has 1 amide bonds. The van der Waals surface area contributed by atoms with Crippen LogP contribution in [0.15, 0.2) is 48.5 Å². The minimum absolute atomic E-state index is 0.0411. The molecule has 0 saturated heterocycles. The van der Waals surface area contributed by atoms with E-state index in [9.17, 15) is 4.79 Å². The lowest BCUT2D eigenvalue weighted by atomic mass is 10.1. The van der Waals surface area contributed by atoms with Crippen LogP contribution in [0.5, 0.6) is 11.5 Å². The van der Waals surface area contributed by atoms with Gasteiger partial charge in [0, 0.05) is 11.3 Å². The van der Waals surface area contributed by atoms with E-state index in [1.807, 2.05) is 54.8 Å². The number of hydrogen-bond donors (Lipinski definition) is 1. The van der Waals surface area contributed by atoms with Crippen LogP contribution >= 0.6 is 11.8 Å². The summed E-state index contributed by atoms with van der Waals surface area (Å²) in [7, 11) is 0. The molecule has 1 atom stereocenters. The van der Waals surface area contributed by atoms with Gasteiger partial charge >= 0.3 is 0 Å². The second-order valence-electron chi connectivity index (χ2n) is 4.27. The van der Waals surface area contributed by atoms with Crippen molar-refractivity contribution in [1.82, 2.24) is 0 Å². The molecule has 19 heavy (non-hydrogen) atoms. The second kappa shape index (κ2) is 4.97. The number of carbonyl (C=O) groups is 1. The smallest absolute Gasteiger partial charge is 0.242 e. The highest BCUT2D eigenvalue weighted by Crippen LogP contribution is 2.41. The van der Waals surface area contributed by atoms with Crippen LogP contribution in [-0.2, 0) is 4.79 Å². The summed E-state index contributed by atoms with van der Waals surface area (Å²) >= 11 is 1.53. The summed E-state index contributed by atoms with van der Waals surface area (Å²) < 4.78 is 5.78. The number of para-hydroxylation sites is 1. The molecule has 1 heterocycles. The highest BCUT2D eigenvalue weighted by molar-refractivity contribution is 7.99. The first kappa shape index (κ1) is 12.1. The lowest BCUT2D eigenvalue weighted by Crippen LogP contribution is -2.08. The molecule has 1 unspecified atom stereocenters. The minimum Gasteiger partial charge on any atom is -0.457 e. The number of nitrogens with one attached hydrogen (secondary N) is 1. The zero-order chi connectivity index (χ0) is 13.2.